The number of nitrogens with one attached hydrogen (secondary N) is 2. The average Bonchev–Trinajstić information content (AvgIpc) is 2.55. The second kappa shape index (κ2) is 10.5. The molecule has 0 atom stereocenters. The summed E-state index contributed by atoms with van der Waals surface area (Å²) in [5.74, 6) is 0. The smallest absolute Gasteiger partial charge is 0.0321 e. The summed E-state index contributed by atoms with van der Waals surface area (Å²) < 4.78 is 0. The van der Waals surface area contributed by atoms with Gasteiger partial charge in [0.1, 0.15) is 0 Å². The van der Waals surface area contributed by atoms with Crippen LogP contribution in [0.15, 0.2) is 0 Å². The first kappa shape index (κ1) is 17.1. The largest absolute Gasteiger partial charge is 0.314 e. The normalized spacial score (nSPS) is 22.0. The van der Waals surface area contributed by atoms with Gasteiger partial charge in [-0.25, -0.2) is 5.01 Å². The van der Waals surface area contributed by atoms with Crippen molar-refractivity contribution >= 4 is 0 Å². The first-order valence-electron chi connectivity index (χ1n) is 8.73. The van der Waals surface area contributed by atoms with Crippen molar-refractivity contribution in [3.8, 4) is 0 Å². The standard InChI is InChI=1S/C15H33N6/c1-2-10-21(20-14-8-17-9-15-20)18-5-3-4-11-19-12-6-16-7-13-19/h16-17H,2-15H2,1H3. The van der Waals surface area contributed by atoms with Crippen molar-refractivity contribution in [2.75, 3.05) is 72.0 Å². The zero-order chi connectivity index (χ0) is 14.8. The van der Waals surface area contributed by atoms with E-state index in [2.05, 4.69) is 32.6 Å². The van der Waals surface area contributed by atoms with Gasteiger partial charge in [-0.2, -0.15) is 5.12 Å². The van der Waals surface area contributed by atoms with Gasteiger partial charge in [-0.1, -0.05) is 6.92 Å². The zero-order valence-electron chi connectivity index (χ0n) is 13.7. The maximum Gasteiger partial charge on any atom is 0.0321 e. The minimum absolute atomic E-state index is 0.968. The fraction of sp³-hybridized carbons (Fsp3) is 1.00. The minimum Gasteiger partial charge on any atom is -0.314 e. The lowest BCUT2D eigenvalue weighted by atomic mass is 10.2. The fourth-order valence-corrected chi connectivity index (χ4v) is 2.95. The summed E-state index contributed by atoms with van der Waals surface area (Å²) in [4.78, 5) is 2.57. The van der Waals surface area contributed by atoms with Crippen molar-refractivity contribution in [3.63, 3.8) is 0 Å². The van der Waals surface area contributed by atoms with E-state index in [0.717, 1.165) is 58.8 Å². The highest BCUT2D eigenvalue weighted by Crippen LogP contribution is 2.02. The van der Waals surface area contributed by atoms with Gasteiger partial charge in [-0.3, -0.25) is 0 Å². The van der Waals surface area contributed by atoms with Crippen molar-refractivity contribution in [1.29, 1.82) is 0 Å². The molecule has 6 heteroatoms. The summed E-state index contributed by atoms with van der Waals surface area (Å²) in [6.45, 7) is 14.5. The molecule has 0 aliphatic carbocycles. The van der Waals surface area contributed by atoms with Gasteiger partial charge in [0, 0.05) is 65.4 Å². The number of hydrogen-bond donors (Lipinski definition) is 2. The molecule has 0 spiro atoms. The Morgan fingerprint density at radius 2 is 1.62 bits per heavy atom. The van der Waals surface area contributed by atoms with E-state index in [9.17, 15) is 0 Å². The van der Waals surface area contributed by atoms with Gasteiger partial charge >= 0.3 is 0 Å². The lowest BCUT2D eigenvalue weighted by Gasteiger charge is -2.36. The summed E-state index contributed by atoms with van der Waals surface area (Å²) in [6, 6.07) is 0. The van der Waals surface area contributed by atoms with E-state index in [0.29, 0.717) is 0 Å². The summed E-state index contributed by atoms with van der Waals surface area (Å²) in [6.07, 6.45) is 3.63. The van der Waals surface area contributed by atoms with Crippen LogP contribution < -0.4 is 16.1 Å². The third-order valence-electron chi connectivity index (χ3n) is 4.20. The maximum atomic E-state index is 4.82. The van der Waals surface area contributed by atoms with Gasteiger partial charge in [-0.15, -0.1) is 5.43 Å². The Balaban J connectivity index is 1.55. The van der Waals surface area contributed by atoms with Crippen molar-refractivity contribution in [3.05, 3.63) is 0 Å². The average molecular weight is 297 g/mol. The molecule has 2 rings (SSSR count). The molecule has 1 radical (unpaired) electrons. The topological polar surface area (TPSA) is 47.9 Å². The van der Waals surface area contributed by atoms with E-state index in [1.54, 1.807) is 0 Å². The molecule has 2 aliphatic rings. The molecule has 6 nitrogen and oxygen atoms in total. The van der Waals surface area contributed by atoms with Gasteiger partial charge in [0.25, 0.3) is 0 Å². The summed E-state index contributed by atoms with van der Waals surface area (Å²) in [7, 11) is 0. The van der Waals surface area contributed by atoms with E-state index >= 15 is 0 Å². The molecule has 21 heavy (non-hydrogen) atoms. The molecule has 123 valence electrons. The molecule has 2 aliphatic heterocycles. The highest BCUT2D eigenvalue weighted by atomic mass is 15.8. The molecule has 0 aromatic rings. The Morgan fingerprint density at radius 1 is 0.952 bits per heavy atom. The van der Waals surface area contributed by atoms with Gasteiger partial charge in [0.2, 0.25) is 0 Å². The fourth-order valence-electron chi connectivity index (χ4n) is 2.95. The van der Waals surface area contributed by atoms with Crippen LogP contribution in [-0.4, -0.2) is 87.0 Å². The van der Waals surface area contributed by atoms with Gasteiger partial charge in [0.15, 0.2) is 0 Å². The third kappa shape index (κ3) is 6.59. The predicted molar refractivity (Wildman–Crippen MR) is 87.0 cm³/mol. The van der Waals surface area contributed by atoms with E-state index in [1.807, 2.05) is 0 Å². The van der Waals surface area contributed by atoms with Crippen LogP contribution in [0.1, 0.15) is 26.2 Å². The van der Waals surface area contributed by atoms with Crippen LogP contribution in [0.2, 0.25) is 0 Å². The van der Waals surface area contributed by atoms with E-state index < -0.39 is 0 Å². The summed E-state index contributed by atoms with van der Waals surface area (Å²) in [5, 5.41) is 11.4. The second-order valence-corrected chi connectivity index (χ2v) is 5.96. The van der Waals surface area contributed by atoms with Gasteiger partial charge in [-0.05, 0) is 25.8 Å². The highest BCUT2D eigenvalue weighted by molar-refractivity contribution is 4.68. The van der Waals surface area contributed by atoms with Crippen LogP contribution in [0.5, 0.6) is 0 Å². The number of hydrogen-bond acceptors (Lipinski definition) is 5. The van der Waals surface area contributed by atoms with Gasteiger partial charge in [0.05, 0.1) is 0 Å². The van der Waals surface area contributed by atoms with Gasteiger partial charge < -0.3 is 15.5 Å². The van der Waals surface area contributed by atoms with Crippen molar-refractivity contribution in [1.82, 2.24) is 31.1 Å². The SMILES string of the molecule is CCCN([N]CCCCN1CCNCC1)N1CCNCC1. The molecule has 0 bridgehead atoms. The first-order valence-corrected chi connectivity index (χ1v) is 8.73. The highest BCUT2D eigenvalue weighted by Gasteiger charge is 2.17. The minimum atomic E-state index is 0.968. The number of nitrogens with zero attached hydrogens (tertiary/aromatic N) is 4. The Labute approximate surface area is 130 Å². The first-order chi connectivity index (χ1) is 10.4. The Kier molecular flexibility index (Phi) is 8.54. The molecule has 2 fully saturated rings. The van der Waals surface area contributed by atoms with Crippen LogP contribution in [0.3, 0.4) is 0 Å². The van der Waals surface area contributed by atoms with Crippen LogP contribution in [-0.2, 0) is 0 Å². The molecule has 0 saturated carbocycles. The molecule has 0 unspecified atom stereocenters. The number of unbranched alkanes of at least 4 members (excludes halogenated alkanes) is 1. The molecule has 0 amide bonds. The van der Waals surface area contributed by atoms with Crippen molar-refractivity contribution in [2.24, 2.45) is 0 Å². The Hall–Kier alpha value is -0.240. The van der Waals surface area contributed by atoms with Crippen LogP contribution in [0.4, 0.5) is 0 Å². The molecule has 0 aromatic carbocycles. The molecular weight excluding hydrogens is 264 g/mol. The lowest BCUT2D eigenvalue weighted by Crippen LogP contribution is -2.55. The van der Waals surface area contributed by atoms with Crippen LogP contribution >= 0.6 is 0 Å². The van der Waals surface area contributed by atoms with Crippen molar-refractivity contribution < 1.29 is 0 Å². The molecular formula is C15H33N6. The van der Waals surface area contributed by atoms with Crippen LogP contribution in [0, 0.1) is 0 Å². The quantitative estimate of drug-likeness (QED) is 0.453. The molecule has 2 N–H and O–H groups in total. The molecule has 0 aromatic heterocycles. The predicted octanol–water partition coefficient (Wildman–Crippen LogP) is -0.277. The third-order valence-corrected chi connectivity index (χ3v) is 4.20. The number of rotatable bonds is 9. The van der Waals surface area contributed by atoms with Crippen LogP contribution in [0.25, 0.3) is 0 Å². The molecule has 2 saturated heterocycles. The summed E-state index contributed by atoms with van der Waals surface area (Å²) >= 11 is 0. The maximum absolute atomic E-state index is 4.82. The number of hydrazine groups is 1. The van der Waals surface area contributed by atoms with E-state index in [1.165, 1.54) is 32.5 Å². The molecule has 2 heterocycles. The van der Waals surface area contributed by atoms with E-state index in [4.69, 9.17) is 5.43 Å². The zero-order valence-corrected chi connectivity index (χ0v) is 13.7. The van der Waals surface area contributed by atoms with Crippen molar-refractivity contribution in [2.45, 2.75) is 26.2 Å². The monoisotopic (exact) mass is 297 g/mol. The second-order valence-electron chi connectivity index (χ2n) is 5.96. The Bertz CT molecular complexity index is 251. The lowest BCUT2D eigenvalue weighted by molar-refractivity contribution is -0.0812. The van der Waals surface area contributed by atoms with E-state index in [-0.39, 0.29) is 0 Å². The summed E-state index contributed by atoms with van der Waals surface area (Å²) in [5.41, 5.74) is 4.82. The number of piperazine rings is 2. The Morgan fingerprint density at radius 3 is 2.29 bits per heavy atom.